The number of rotatable bonds is 6. The Morgan fingerprint density at radius 2 is 2.00 bits per heavy atom. The van der Waals surface area contributed by atoms with Crippen LogP contribution in [0.5, 0.6) is 0 Å². The molecule has 0 unspecified atom stereocenters. The molecule has 0 saturated carbocycles. The lowest BCUT2D eigenvalue weighted by molar-refractivity contribution is 0.804. The third-order valence-electron chi connectivity index (χ3n) is 2.13. The maximum absolute atomic E-state index is 7.91. The first kappa shape index (κ1) is 12.9. The highest BCUT2D eigenvalue weighted by Crippen LogP contribution is 2.12. The van der Waals surface area contributed by atoms with Gasteiger partial charge in [0.25, 0.3) is 0 Å². The normalized spacial score (nSPS) is 12.1. The minimum absolute atomic E-state index is 0.582. The molecule has 0 aliphatic heterocycles. The summed E-state index contributed by atoms with van der Waals surface area (Å²) in [7, 11) is 0. The Balaban J connectivity index is 4.37. The van der Waals surface area contributed by atoms with E-state index in [1.54, 1.807) is 0 Å². The lowest BCUT2D eigenvalue weighted by Gasteiger charge is -2.07. The molecule has 1 N–H and O–H groups in total. The first-order chi connectivity index (χ1) is 6.67. The van der Waals surface area contributed by atoms with Gasteiger partial charge in [-0.3, -0.25) is 0 Å². The topological polar surface area (TPSA) is 23.9 Å². The van der Waals surface area contributed by atoms with Crippen molar-refractivity contribution in [2.45, 2.75) is 40.0 Å². The summed E-state index contributed by atoms with van der Waals surface area (Å²) in [6.45, 7) is 10.0. The summed E-state index contributed by atoms with van der Waals surface area (Å²) in [6.07, 6.45) is 9.08. The van der Waals surface area contributed by atoms with E-state index in [4.69, 9.17) is 5.41 Å². The summed E-state index contributed by atoms with van der Waals surface area (Å²) >= 11 is 0. The van der Waals surface area contributed by atoms with Crippen LogP contribution in [0.15, 0.2) is 36.0 Å². The van der Waals surface area contributed by atoms with Crippen molar-refractivity contribution in [1.29, 1.82) is 5.41 Å². The van der Waals surface area contributed by atoms with Crippen molar-refractivity contribution < 1.29 is 0 Å². The highest BCUT2D eigenvalue weighted by molar-refractivity contribution is 6.11. The highest BCUT2D eigenvalue weighted by Gasteiger charge is 2.04. The maximum atomic E-state index is 7.91. The van der Waals surface area contributed by atoms with Gasteiger partial charge in [0.2, 0.25) is 0 Å². The van der Waals surface area contributed by atoms with E-state index in [2.05, 4.69) is 13.5 Å². The molecule has 0 heterocycles. The summed E-state index contributed by atoms with van der Waals surface area (Å²) in [6, 6.07) is 0. The van der Waals surface area contributed by atoms with Gasteiger partial charge >= 0.3 is 0 Å². The number of hydrogen-bond acceptors (Lipinski definition) is 1. The zero-order valence-corrected chi connectivity index (χ0v) is 9.56. The van der Waals surface area contributed by atoms with Crippen LogP contribution in [0.1, 0.15) is 40.0 Å². The molecule has 1 heteroatoms. The minimum atomic E-state index is 0.582. The van der Waals surface area contributed by atoms with Crippen LogP contribution in [0.2, 0.25) is 0 Å². The molecule has 0 aromatic rings. The van der Waals surface area contributed by atoms with E-state index in [1.165, 1.54) is 0 Å². The van der Waals surface area contributed by atoms with Crippen molar-refractivity contribution in [3.63, 3.8) is 0 Å². The van der Waals surface area contributed by atoms with E-state index >= 15 is 0 Å². The van der Waals surface area contributed by atoms with Crippen molar-refractivity contribution >= 4 is 5.71 Å². The third kappa shape index (κ3) is 4.22. The fraction of sp³-hybridized carbons (Fsp3) is 0.462. The molecule has 0 fully saturated rings. The molecule has 0 amide bonds. The largest absolute Gasteiger partial charge is 0.300 e. The lowest BCUT2D eigenvalue weighted by atomic mass is 9.99. The van der Waals surface area contributed by atoms with Crippen LogP contribution >= 0.6 is 0 Å². The summed E-state index contributed by atoms with van der Waals surface area (Å²) in [5.74, 6) is 0. The standard InChI is InChI=1S/C13H21N/c1-5-8-10-11(4)13(14)12(7-3)9-6-2/h6-7,9,14H,4-5,8,10H2,1-3H3/b9-6-,12-7+,14-13?. The van der Waals surface area contributed by atoms with Gasteiger partial charge in [0.05, 0.1) is 5.71 Å². The Hall–Kier alpha value is -1.11. The molecular formula is C13H21N. The SMILES string of the molecule is C=C(CCCC)C(=N)C(/C=C\C)=C/C. The molecule has 0 aromatic carbocycles. The first-order valence-electron chi connectivity index (χ1n) is 5.23. The predicted molar refractivity (Wildman–Crippen MR) is 65.0 cm³/mol. The fourth-order valence-electron chi connectivity index (χ4n) is 1.22. The number of unbranched alkanes of at least 4 members (excludes halogenated alkanes) is 1. The van der Waals surface area contributed by atoms with Crippen molar-refractivity contribution in [1.82, 2.24) is 0 Å². The van der Waals surface area contributed by atoms with Gasteiger partial charge in [-0.1, -0.05) is 38.2 Å². The zero-order chi connectivity index (χ0) is 11.0. The molecule has 0 aromatic heterocycles. The number of allylic oxidation sites excluding steroid dienone is 5. The second kappa shape index (κ2) is 7.31. The predicted octanol–water partition coefficient (Wildman–Crippen LogP) is 4.27. The lowest BCUT2D eigenvalue weighted by Crippen LogP contribution is -2.02. The van der Waals surface area contributed by atoms with E-state index in [0.717, 1.165) is 30.4 Å². The minimum Gasteiger partial charge on any atom is -0.300 e. The molecule has 0 rings (SSSR count). The smallest absolute Gasteiger partial charge is 0.0634 e. The van der Waals surface area contributed by atoms with Gasteiger partial charge in [-0.15, -0.1) is 0 Å². The van der Waals surface area contributed by atoms with Gasteiger partial charge in [0.15, 0.2) is 0 Å². The average Bonchev–Trinajstić information content (AvgIpc) is 2.21. The van der Waals surface area contributed by atoms with Gasteiger partial charge in [-0.05, 0) is 37.8 Å². The first-order valence-corrected chi connectivity index (χ1v) is 5.23. The fourth-order valence-corrected chi connectivity index (χ4v) is 1.22. The summed E-state index contributed by atoms with van der Waals surface area (Å²) < 4.78 is 0. The Bertz CT molecular complexity index is 256. The molecule has 0 bridgehead atoms. The average molecular weight is 191 g/mol. The highest BCUT2D eigenvalue weighted by atomic mass is 14.4. The molecule has 0 spiro atoms. The van der Waals surface area contributed by atoms with Crippen molar-refractivity contribution in [2.75, 3.05) is 0 Å². The Kier molecular flexibility index (Phi) is 6.73. The maximum Gasteiger partial charge on any atom is 0.0634 e. The number of nitrogens with one attached hydrogen (secondary N) is 1. The summed E-state index contributed by atoms with van der Waals surface area (Å²) in [4.78, 5) is 0. The van der Waals surface area contributed by atoms with E-state index in [-0.39, 0.29) is 0 Å². The van der Waals surface area contributed by atoms with E-state index < -0.39 is 0 Å². The van der Waals surface area contributed by atoms with Crippen LogP contribution in [0.3, 0.4) is 0 Å². The zero-order valence-electron chi connectivity index (χ0n) is 9.56. The molecule has 0 aliphatic rings. The van der Waals surface area contributed by atoms with Crippen molar-refractivity contribution in [3.05, 3.63) is 36.0 Å². The van der Waals surface area contributed by atoms with Gasteiger partial charge in [-0.25, -0.2) is 0 Å². The van der Waals surface area contributed by atoms with Crippen LogP contribution < -0.4 is 0 Å². The van der Waals surface area contributed by atoms with Crippen LogP contribution in [0, 0.1) is 5.41 Å². The van der Waals surface area contributed by atoms with Crippen LogP contribution in [-0.2, 0) is 0 Å². The van der Waals surface area contributed by atoms with E-state index in [9.17, 15) is 0 Å². The van der Waals surface area contributed by atoms with Crippen molar-refractivity contribution in [3.8, 4) is 0 Å². The second-order valence-electron chi connectivity index (χ2n) is 3.33. The molecule has 0 atom stereocenters. The molecular weight excluding hydrogens is 170 g/mol. The van der Waals surface area contributed by atoms with Gasteiger partial charge in [-0.2, -0.15) is 0 Å². The Morgan fingerprint density at radius 1 is 1.36 bits per heavy atom. The second-order valence-corrected chi connectivity index (χ2v) is 3.33. The Morgan fingerprint density at radius 3 is 2.43 bits per heavy atom. The van der Waals surface area contributed by atoms with Crippen molar-refractivity contribution in [2.24, 2.45) is 0 Å². The summed E-state index contributed by atoms with van der Waals surface area (Å²) in [5.41, 5.74) is 2.49. The Labute approximate surface area is 87.7 Å². The number of hydrogen-bond donors (Lipinski definition) is 1. The third-order valence-corrected chi connectivity index (χ3v) is 2.13. The molecule has 0 aliphatic carbocycles. The summed E-state index contributed by atoms with van der Waals surface area (Å²) in [5, 5.41) is 7.91. The van der Waals surface area contributed by atoms with Gasteiger partial charge < -0.3 is 5.41 Å². The van der Waals surface area contributed by atoms with E-state index in [0.29, 0.717) is 5.71 Å². The molecule has 14 heavy (non-hydrogen) atoms. The monoisotopic (exact) mass is 191 g/mol. The van der Waals surface area contributed by atoms with Crippen LogP contribution in [0.25, 0.3) is 0 Å². The van der Waals surface area contributed by atoms with Gasteiger partial charge in [0, 0.05) is 0 Å². The van der Waals surface area contributed by atoms with E-state index in [1.807, 2.05) is 32.1 Å². The molecule has 0 radical (unpaired) electrons. The molecule has 1 nitrogen and oxygen atoms in total. The van der Waals surface area contributed by atoms with Crippen LogP contribution in [0.4, 0.5) is 0 Å². The van der Waals surface area contributed by atoms with Gasteiger partial charge in [0.1, 0.15) is 0 Å². The quantitative estimate of drug-likeness (QED) is 0.479. The van der Waals surface area contributed by atoms with Crippen LogP contribution in [-0.4, -0.2) is 5.71 Å². The molecule has 78 valence electrons. The molecule has 0 saturated heterocycles.